The van der Waals surface area contributed by atoms with E-state index in [1.54, 1.807) is 0 Å². The van der Waals surface area contributed by atoms with Crippen molar-refractivity contribution >= 4 is 96.7 Å². The number of benzene rings is 13. The van der Waals surface area contributed by atoms with Gasteiger partial charge in [0.25, 0.3) is 0 Å². The van der Waals surface area contributed by atoms with E-state index in [0.717, 1.165) is 109 Å². The van der Waals surface area contributed by atoms with Crippen molar-refractivity contribution in [3.8, 4) is 11.1 Å². The number of hydrogen-bond acceptors (Lipinski definition) is 6. The van der Waals surface area contributed by atoms with Crippen LogP contribution in [-0.2, 0) is 0 Å². The van der Waals surface area contributed by atoms with Gasteiger partial charge >= 0.3 is 0 Å². The van der Waals surface area contributed by atoms with E-state index in [4.69, 9.17) is 0 Å². The summed E-state index contributed by atoms with van der Waals surface area (Å²) in [5, 5.41) is 0. The van der Waals surface area contributed by atoms with E-state index in [9.17, 15) is 0 Å². The topological polar surface area (TPSA) is 19.4 Å². The number of allylic oxidation sites excluding steroid dienone is 2. The van der Waals surface area contributed by atoms with Crippen LogP contribution in [0, 0.1) is 13.8 Å². The first-order valence-electron chi connectivity index (χ1n) is 31.6. The molecule has 0 saturated heterocycles. The summed E-state index contributed by atoms with van der Waals surface area (Å²) in [7, 11) is 0. The van der Waals surface area contributed by atoms with Crippen LogP contribution in [0.2, 0.25) is 0 Å². The summed E-state index contributed by atoms with van der Waals surface area (Å²) in [5.74, 6) is 0. The quantitative estimate of drug-likeness (QED) is 0.0798. The van der Waals surface area contributed by atoms with Gasteiger partial charge in [0.1, 0.15) is 0 Å². The third kappa shape index (κ3) is 12.6. The number of hydrogen-bond donors (Lipinski definition) is 0. The van der Waals surface area contributed by atoms with Gasteiger partial charge in [-0.1, -0.05) is 175 Å². The van der Waals surface area contributed by atoms with Gasteiger partial charge in [0.15, 0.2) is 0 Å². The molecule has 0 spiro atoms. The smallest absolute Gasteiger partial charge is 0.0559 e. The standard InChI is InChI=1S/C86H70N6/c1-65-33-41-75(42-34-65)87(69-21-9-3-10-22-69)79-49-57-83(58-50-79)91(73-29-17-7-18-30-73)85-61-53-81(54-62-85)89(71-25-13-5-14-26-71)77-45-37-67(38-46-77)68-39-47-78(48-40-68)90(72-27-15-6-16-28-72)82-55-63-86(64-56-82)92(74-31-19-8-20-32-74)84-59-51-80(52-60-84)88(70-23-11-4-12-24-70)76-43-35-66(2)36-44-76/h3-23,25-64,70H,24H2,1-2H3. The zero-order chi connectivity index (χ0) is 62.0. The van der Waals surface area contributed by atoms with E-state index in [0.29, 0.717) is 0 Å². The first kappa shape index (κ1) is 57.9. The van der Waals surface area contributed by atoms with Gasteiger partial charge in [-0.3, -0.25) is 0 Å². The number of aryl methyl sites for hydroxylation is 2. The first-order chi connectivity index (χ1) is 45.5. The lowest BCUT2D eigenvalue weighted by Gasteiger charge is -2.33. The predicted molar refractivity (Wildman–Crippen MR) is 390 cm³/mol. The fourth-order valence-electron chi connectivity index (χ4n) is 12.4. The molecule has 13 aromatic carbocycles. The van der Waals surface area contributed by atoms with Gasteiger partial charge in [0.2, 0.25) is 0 Å². The first-order valence-corrected chi connectivity index (χ1v) is 31.6. The van der Waals surface area contributed by atoms with Crippen LogP contribution < -0.4 is 29.4 Å². The van der Waals surface area contributed by atoms with Crippen molar-refractivity contribution in [2.45, 2.75) is 26.3 Å². The third-order valence-electron chi connectivity index (χ3n) is 17.0. The normalized spacial score (nSPS) is 12.4. The van der Waals surface area contributed by atoms with Crippen molar-refractivity contribution in [2.75, 3.05) is 29.4 Å². The van der Waals surface area contributed by atoms with Gasteiger partial charge in [0, 0.05) is 96.7 Å². The molecule has 0 aliphatic heterocycles. The maximum Gasteiger partial charge on any atom is 0.0559 e. The van der Waals surface area contributed by atoms with Gasteiger partial charge in [-0.15, -0.1) is 0 Å². The van der Waals surface area contributed by atoms with Crippen LogP contribution in [0.5, 0.6) is 0 Å². The van der Waals surface area contributed by atoms with Crippen molar-refractivity contribution in [3.63, 3.8) is 0 Å². The Labute approximate surface area is 541 Å². The average molecular weight is 1190 g/mol. The molecule has 0 bridgehead atoms. The number of nitrogens with zero attached hydrogens (tertiary/aromatic N) is 6. The molecule has 6 heteroatoms. The molecule has 1 unspecified atom stereocenters. The highest BCUT2D eigenvalue weighted by molar-refractivity contribution is 5.86. The number of anilines is 17. The Morgan fingerprint density at radius 2 is 0.402 bits per heavy atom. The molecule has 14 rings (SSSR count). The lowest BCUT2D eigenvalue weighted by atomic mass is 10.0. The molecule has 0 aromatic heterocycles. The third-order valence-corrected chi connectivity index (χ3v) is 17.0. The molecule has 1 atom stereocenters. The fraction of sp³-hybridized carbons (Fsp3) is 0.0465. The Kier molecular flexibility index (Phi) is 16.9. The van der Waals surface area contributed by atoms with E-state index in [2.05, 4.69) is 413 Å². The molecule has 1 aliphatic rings. The maximum atomic E-state index is 2.45. The summed E-state index contributed by atoms with van der Waals surface area (Å²) in [6.45, 7) is 4.27. The van der Waals surface area contributed by atoms with Gasteiger partial charge in [-0.05, 0) is 238 Å². The van der Waals surface area contributed by atoms with Crippen LogP contribution in [-0.4, -0.2) is 6.04 Å². The van der Waals surface area contributed by atoms with Gasteiger partial charge < -0.3 is 29.4 Å². The van der Waals surface area contributed by atoms with E-state index >= 15 is 0 Å². The van der Waals surface area contributed by atoms with Crippen LogP contribution in [0.25, 0.3) is 11.1 Å². The minimum atomic E-state index is 0.218. The SMILES string of the molecule is Cc1ccc(N(c2ccccc2)c2ccc(N(c3ccccc3)c3ccc(N(c4ccccc4)c4ccc(-c5ccc(N(c6ccccc6)c6ccc(N(c7ccccc7)c7ccc(N(c8ccc(C)cc8)C8C=CC=CC8)cc7)cc6)cc5)cc4)cc3)cc2)cc1. The summed E-state index contributed by atoms with van der Waals surface area (Å²) in [5.41, 5.74) is 23.2. The molecule has 0 heterocycles. The molecule has 6 nitrogen and oxygen atoms in total. The van der Waals surface area contributed by atoms with Crippen molar-refractivity contribution in [1.82, 2.24) is 0 Å². The molecule has 13 aromatic rings. The van der Waals surface area contributed by atoms with Gasteiger partial charge in [0.05, 0.1) is 6.04 Å². The molecule has 444 valence electrons. The van der Waals surface area contributed by atoms with Gasteiger partial charge in [-0.2, -0.15) is 0 Å². The minimum Gasteiger partial charge on any atom is -0.334 e. The highest BCUT2D eigenvalue weighted by Gasteiger charge is 2.23. The van der Waals surface area contributed by atoms with Crippen molar-refractivity contribution in [2.24, 2.45) is 0 Å². The average Bonchev–Trinajstić information content (AvgIpc) is 1.06. The number of rotatable bonds is 19. The van der Waals surface area contributed by atoms with E-state index < -0.39 is 0 Å². The van der Waals surface area contributed by atoms with Crippen LogP contribution in [0.4, 0.5) is 96.7 Å². The molecule has 1 aliphatic carbocycles. The molecule has 92 heavy (non-hydrogen) atoms. The Hall–Kier alpha value is -11.9. The summed E-state index contributed by atoms with van der Waals surface area (Å²) in [6, 6.07) is 124. The Morgan fingerprint density at radius 1 is 0.207 bits per heavy atom. The zero-order valence-electron chi connectivity index (χ0n) is 51.7. The summed E-state index contributed by atoms with van der Waals surface area (Å²) in [6.07, 6.45) is 9.80. The van der Waals surface area contributed by atoms with Crippen molar-refractivity contribution in [3.05, 3.63) is 381 Å². The van der Waals surface area contributed by atoms with E-state index in [1.807, 2.05) is 0 Å². The minimum absolute atomic E-state index is 0.218. The summed E-state index contributed by atoms with van der Waals surface area (Å²) >= 11 is 0. The van der Waals surface area contributed by atoms with Crippen LogP contribution in [0.1, 0.15) is 17.5 Å². The highest BCUT2D eigenvalue weighted by Crippen LogP contribution is 2.44. The molecular weight excluding hydrogens is 1120 g/mol. The monoisotopic (exact) mass is 1190 g/mol. The molecule has 0 saturated carbocycles. The largest absolute Gasteiger partial charge is 0.334 e. The van der Waals surface area contributed by atoms with E-state index in [-0.39, 0.29) is 6.04 Å². The summed E-state index contributed by atoms with van der Waals surface area (Å²) < 4.78 is 0. The second kappa shape index (κ2) is 26.9. The zero-order valence-corrected chi connectivity index (χ0v) is 51.7. The molecule has 0 radical (unpaired) electrons. The van der Waals surface area contributed by atoms with Crippen LogP contribution in [0.15, 0.2) is 370 Å². The molecular formula is C86H70N6. The predicted octanol–water partition coefficient (Wildman–Crippen LogP) is 24.3. The second-order valence-corrected chi connectivity index (χ2v) is 23.2. The highest BCUT2D eigenvalue weighted by atomic mass is 15.2. The molecule has 0 N–H and O–H groups in total. The van der Waals surface area contributed by atoms with Crippen molar-refractivity contribution < 1.29 is 0 Å². The van der Waals surface area contributed by atoms with Gasteiger partial charge in [-0.25, -0.2) is 0 Å². The molecule has 0 fully saturated rings. The maximum absolute atomic E-state index is 2.45. The van der Waals surface area contributed by atoms with Crippen LogP contribution in [0.3, 0.4) is 0 Å². The Bertz CT molecular complexity index is 4550. The van der Waals surface area contributed by atoms with Crippen LogP contribution >= 0.6 is 0 Å². The Morgan fingerprint density at radius 3 is 0.630 bits per heavy atom. The van der Waals surface area contributed by atoms with Crippen molar-refractivity contribution in [1.29, 1.82) is 0 Å². The lowest BCUT2D eigenvalue weighted by Crippen LogP contribution is -2.29. The summed E-state index contributed by atoms with van der Waals surface area (Å²) in [4.78, 5) is 14.1. The second-order valence-electron chi connectivity index (χ2n) is 23.2. The van der Waals surface area contributed by atoms with E-state index in [1.165, 1.54) is 16.8 Å². The fourth-order valence-corrected chi connectivity index (χ4v) is 12.4. The number of para-hydroxylation sites is 5. The Balaban J connectivity index is 0.725. The lowest BCUT2D eigenvalue weighted by molar-refractivity contribution is 0.785. The molecule has 0 amide bonds.